The number of hydrogen-bond acceptors (Lipinski definition) is 5. The summed E-state index contributed by atoms with van der Waals surface area (Å²) in [6, 6.07) is 5.53. The highest BCUT2D eigenvalue weighted by Gasteiger charge is 2.24. The van der Waals surface area contributed by atoms with Gasteiger partial charge in [0.25, 0.3) is 5.91 Å². The molecule has 2 aromatic rings. The van der Waals surface area contributed by atoms with E-state index in [2.05, 4.69) is 15.0 Å². The van der Waals surface area contributed by atoms with Crippen LogP contribution in [0.4, 0.5) is 0 Å². The molecule has 1 fully saturated rings. The van der Waals surface area contributed by atoms with Gasteiger partial charge < -0.3 is 9.64 Å². The van der Waals surface area contributed by atoms with Crippen molar-refractivity contribution in [1.29, 1.82) is 0 Å². The second-order valence-corrected chi connectivity index (χ2v) is 5.73. The molecule has 2 aromatic heterocycles. The average molecular weight is 312 g/mol. The summed E-state index contributed by atoms with van der Waals surface area (Å²) < 4.78 is 5.67. The highest BCUT2D eigenvalue weighted by atomic mass is 16.5. The quantitative estimate of drug-likeness (QED) is 0.859. The standard InChI is InChI=1S/C17H20N4O2/c1-13-16(3-2-5-19-13)17(22)21-7-8-23-11-14(10-21)9-15-4-6-18-12-20-15/h2-6,12,14H,7-11H2,1H3/t14-/m1/s1. The van der Waals surface area contributed by atoms with E-state index in [1.54, 1.807) is 24.8 Å². The molecule has 0 aromatic carbocycles. The Labute approximate surface area is 135 Å². The molecule has 3 heterocycles. The van der Waals surface area contributed by atoms with Crippen molar-refractivity contribution in [1.82, 2.24) is 19.9 Å². The molecule has 0 radical (unpaired) electrons. The minimum atomic E-state index is 0.0220. The summed E-state index contributed by atoms with van der Waals surface area (Å²) in [5.41, 5.74) is 2.39. The molecule has 3 rings (SSSR count). The van der Waals surface area contributed by atoms with Gasteiger partial charge in [-0.2, -0.15) is 0 Å². The van der Waals surface area contributed by atoms with E-state index in [0.717, 1.165) is 17.8 Å². The van der Waals surface area contributed by atoms with Crippen LogP contribution in [-0.4, -0.2) is 52.1 Å². The number of pyridine rings is 1. The van der Waals surface area contributed by atoms with E-state index in [0.29, 0.717) is 31.9 Å². The second-order valence-electron chi connectivity index (χ2n) is 5.73. The topological polar surface area (TPSA) is 68.2 Å². The SMILES string of the molecule is Cc1ncccc1C(=O)N1CCOC[C@H](Cc2ccncn2)C1. The molecule has 1 aliphatic rings. The third-order valence-corrected chi connectivity index (χ3v) is 4.00. The molecule has 1 amide bonds. The molecule has 1 saturated heterocycles. The lowest BCUT2D eigenvalue weighted by Crippen LogP contribution is -2.37. The normalized spacial score (nSPS) is 18.5. The van der Waals surface area contributed by atoms with Gasteiger partial charge in [0.1, 0.15) is 6.33 Å². The predicted molar refractivity (Wildman–Crippen MR) is 84.9 cm³/mol. The summed E-state index contributed by atoms with van der Waals surface area (Å²) in [4.78, 5) is 27.1. The van der Waals surface area contributed by atoms with E-state index in [4.69, 9.17) is 4.74 Å². The predicted octanol–water partition coefficient (Wildman–Crippen LogP) is 1.51. The first-order valence-electron chi connectivity index (χ1n) is 7.77. The molecule has 0 saturated carbocycles. The van der Waals surface area contributed by atoms with E-state index in [1.165, 1.54) is 0 Å². The van der Waals surface area contributed by atoms with Crippen LogP contribution in [0.3, 0.4) is 0 Å². The Hall–Kier alpha value is -2.34. The first-order valence-corrected chi connectivity index (χ1v) is 7.77. The molecule has 0 aliphatic carbocycles. The van der Waals surface area contributed by atoms with Crippen molar-refractivity contribution in [3.8, 4) is 0 Å². The Bertz CT molecular complexity index is 663. The Kier molecular flexibility index (Phi) is 4.92. The maximum absolute atomic E-state index is 12.8. The number of nitrogens with zero attached hydrogens (tertiary/aromatic N) is 4. The van der Waals surface area contributed by atoms with Crippen molar-refractivity contribution in [2.75, 3.05) is 26.3 Å². The number of hydrogen-bond donors (Lipinski definition) is 0. The maximum Gasteiger partial charge on any atom is 0.255 e. The van der Waals surface area contributed by atoms with Gasteiger partial charge in [-0.05, 0) is 31.5 Å². The number of amides is 1. The largest absolute Gasteiger partial charge is 0.379 e. The van der Waals surface area contributed by atoms with Gasteiger partial charge in [0, 0.05) is 42.8 Å². The van der Waals surface area contributed by atoms with Crippen molar-refractivity contribution in [2.24, 2.45) is 5.92 Å². The summed E-state index contributed by atoms with van der Waals surface area (Å²) in [5, 5.41) is 0. The van der Waals surface area contributed by atoms with Crippen LogP contribution in [0.5, 0.6) is 0 Å². The summed E-state index contributed by atoms with van der Waals surface area (Å²) in [6.07, 6.45) is 5.77. The van der Waals surface area contributed by atoms with Gasteiger partial charge >= 0.3 is 0 Å². The zero-order valence-corrected chi connectivity index (χ0v) is 13.2. The lowest BCUT2D eigenvalue weighted by molar-refractivity contribution is 0.0736. The molecule has 1 aliphatic heterocycles. The third-order valence-electron chi connectivity index (χ3n) is 4.00. The van der Waals surface area contributed by atoms with Crippen molar-refractivity contribution >= 4 is 5.91 Å². The molecule has 6 nitrogen and oxygen atoms in total. The Morgan fingerprint density at radius 1 is 1.35 bits per heavy atom. The summed E-state index contributed by atoms with van der Waals surface area (Å²) >= 11 is 0. The van der Waals surface area contributed by atoms with Crippen LogP contribution in [0.15, 0.2) is 36.9 Å². The molecule has 0 bridgehead atoms. The zero-order chi connectivity index (χ0) is 16.1. The highest BCUT2D eigenvalue weighted by molar-refractivity contribution is 5.95. The van der Waals surface area contributed by atoms with Crippen molar-refractivity contribution < 1.29 is 9.53 Å². The minimum absolute atomic E-state index is 0.0220. The fraction of sp³-hybridized carbons (Fsp3) is 0.412. The van der Waals surface area contributed by atoms with E-state index < -0.39 is 0 Å². The Morgan fingerprint density at radius 3 is 3.04 bits per heavy atom. The maximum atomic E-state index is 12.8. The highest BCUT2D eigenvalue weighted by Crippen LogP contribution is 2.16. The van der Waals surface area contributed by atoms with E-state index in [9.17, 15) is 4.79 Å². The molecule has 6 heteroatoms. The Balaban J connectivity index is 1.72. The molecule has 120 valence electrons. The molecule has 0 spiro atoms. The summed E-state index contributed by atoms with van der Waals surface area (Å²) in [7, 11) is 0. The van der Waals surface area contributed by atoms with Crippen LogP contribution in [0, 0.1) is 12.8 Å². The van der Waals surface area contributed by atoms with Gasteiger partial charge in [-0.15, -0.1) is 0 Å². The first kappa shape index (κ1) is 15.6. The van der Waals surface area contributed by atoms with Gasteiger partial charge in [-0.25, -0.2) is 9.97 Å². The van der Waals surface area contributed by atoms with Gasteiger partial charge in [0.2, 0.25) is 0 Å². The molecular weight excluding hydrogens is 292 g/mol. The average Bonchev–Trinajstić information content (AvgIpc) is 2.81. The van der Waals surface area contributed by atoms with Crippen LogP contribution in [0.2, 0.25) is 0 Å². The van der Waals surface area contributed by atoms with Crippen LogP contribution in [-0.2, 0) is 11.2 Å². The van der Waals surface area contributed by atoms with Gasteiger partial charge in [0.05, 0.1) is 18.8 Å². The van der Waals surface area contributed by atoms with Crippen molar-refractivity contribution in [2.45, 2.75) is 13.3 Å². The molecule has 0 unspecified atom stereocenters. The lowest BCUT2D eigenvalue weighted by atomic mass is 10.0. The number of aryl methyl sites for hydroxylation is 1. The van der Waals surface area contributed by atoms with E-state index in [1.807, 2.05) is 24.0 Å². The van der Waals surface area contributed by atoms with Gasteiger partial charge in [-0.1, -0.05) is 0 Å². The molecular formula is C17H20N4O2. The lowest BCUT2D eigenvalue weighted by Gasteiger charge is -2.24. The monoisotopic (exact) mass is 312 g/mol. The number of ether oxygens (including phenoxy) is 1. The van der Waals surface area contributed by atoms with Gasteiger partial charge in [-0.3, -0.25) is 9.78 Å². The first-order chi connectivity index (χ1) is 11.2. The third kappa shape index (κ3) is 3.90. The smallest absolute Gasteiger partial charge is 0.255 e. The van der Waals surface area contributed by atoms with Crippen LogP contribution in [0.25, 0.3) is 0 Å². The summed E-state index contributed by atoms with van der Waals surface area (Å²) in [6.45, 7) is 4.33. The fourth-order valence-corrected chi connectivity index (χ4v) is 2.80. The molecule has 0 N–H and O–H groups in total. The van der Waals surface area contributed by atoms with Crippen LogP contribution in [0.1, 0.15) is 21.7 Å². The van der Waals surface area contributed by atoms with Crippen molar-refractivity contribution in [3.05, 3.63) is 53.9 Å². The second kappa shape index (κ2) is 7.28. The molecule has 1 atom stereocenters. The number of aromatic nitrogens is 3. The van der Waals surface area contributed by atoms with Crippen molar-refractivity contribution in [3.63, 3.8) is 0 Å². The summed E-state index contributed by atoms with van der Waals surface area (Å²) in [5.74, 6) is 0.252. The number of carbonyl (C=O) groups excluding carboxylic acids is 1. The van der Waals surface area contributed by atoms with Crippen LogP contribution < -0.4 is 0 Å². The van der Waals surface area contributed by atoms with E-state index in [-0.39, 0.29) is 11.8 Å². The molecule has 23 heavy (non-hydrogen) atoms. The van der Waals surface area contributed by atoms with E-state index >= 15 is 0 Å². The minimum Gasteiger partial charge on any atom is -0.379 e. The van der Waals surface area contributed by atoms with Crippen LogP contribution >= 0.6 is 0 Å². The number of rotatable bonds is 3. The number of carbonyl (C=O) groups is 1. The fourth-order valence-electron chi connectivity index (χ4n) is 2.80. The van der Waals surface area contributed by atoms with Gasteiger partial charge in [0.15, 0.2) is 0 Å². The Morgan fingerprint density at radius 2 is 2.26 bits per heavy atom. The zero-order valence-electron chi connectivity index (χ0n) is 13.2.